The molecule has 0 atom stereocenters. The molecule has 6 nitrogen and oxygen atoms in total. The van der Waals surface area contributed by atoms with Crippen LogP contribution in [-0.2, 0) is 9.53 Å². The van der Waals surface area contributed by atoms with E-state index in [2.05, 4.69) is 9.88 Å². The van der Waals surface area contributed by atoms with Crippen LogP contribution in [0.5, 0.6) is 0 Å². The van der Waals surface area contributed by atoms with E-state index in [9.17, 15) is 9.59 Å². The molecule has 1 aromatic heterocycles. The Hall–Kier alpha value is -2.57. The van der Waals surface area contributed by atoms with Gasteiger partial charge >= 0.3 is 5.97 Å². The zero-order valence-corrected chi connectivity index (χ0v) is 17.5. The molecule has 0 saturated carbocycles. The summed E-state index contributed by atoms with van der Waals surface area (Å²) in [7, 11) is 0. The summed E-state index contributed by atoms with van der Waals surface area (Å²) in [6, 6.07) is 8.72. The normalized spacial score (nSPS) is 14.3. The fraction of sp³-hybridized carbons (Fsp3) is 0.286. The molecule has 1 aliphatic heterocycles. The van der Waals surface area contributed by atoms with Crippen molar-refractivity contribution in [1.82, 2.24) is 9.88 Å². The Morgan fingerprint density at radius 1 is 1.10 bits per heavy atom. The van der Waals surface area contributed by atoms with Crippen molar-refractivity contribution in [3.05, 3.63) is 63.8 Å². The van der Waals surface area contributed by atoms with Crippen LogP contribution in [0, 0.1) is 0 Å². The van der Waals surface area contributed by atoms with Crippen molar-refractivity contribution in [2.24, 2.45) is 0 Å². The highest BCUT2D eigenvalue weighted by Gasteiger charge is 2.21. The van der Waals surface area contributed by atoms with E-state index in [-0.39, 0.29) is 11.9 Å². The number of amides is 1. The molecule has 8 heteroatoms. The van der Waals surface area contributed by atoms with E-state index in [1.54, 1.807) is 48.2 Å². The number of halogens is 2. The largest absolute Gasteiger partial charge is 0.462 e. The maximum atomic E-state index is 12.5. The highest BCUT2D eigenvalue weighted by atomic mass is 35.5. The summed E-state index contributed by atoms with van der Waals surface area (Å²) in [5.74, 6) is 0.294. The topological polar surface area (TPSA) is 62.7 Å². The molecule has 29 heavy (non-hydrogen) atoms. The first kappa shape index (κ1) is 21.1. The standard InChI is InChI=1S/C21H21Cl2N3O3/c1-2-29-21(28)15-6-8-19(24-14-15)25-10-12-26(13-11-25)20(27)9-7-16-17(22)4-3-5-18(16)23/h3-9,14H,2,10-13H2,1H3/b9-7+. The zero-order chi connectivity index (χ0) is 20.8. The predicted octanol–water partition coefficient (Wildman–Crippen LogP) is 3.93. The van der Waals surface area contributed by atoms with Gasteiger partial charge < -0.3 is 14.5 Å². The summed E-state index contributed by atoms with van der Waals surface area (Å²) in [5, 5.41) is 1.01. The van der Waals surface area contributed by atoms with Crippen molar-refractivity contribution in [1.29, 1.82) is 0 Å². The molecule has 1 amide bonds. The first-order valence-corrected chi connectivity index (χ1v) is 10.0. The quantitative estimate of drug-likeness (QED) is 0.527. The van der Waals surface area contributed by atoms with Gasteiger partial charge in [-0.05, 0) is 37.3 Å². The minimum Gasteiger partial charge on any atom is -0.462 e. The molecule has 1 aliphatic rings. The zero-order valence-electron chi connectivity index (χ0n) is 16.0. The molecule has 1 fully saturated rings. The van der Waals surface area contributed by atoms with Gasteiger partial charge in [0.1, 0.15) is 5.82 Å². The number of carbonyl (C=O) groups is 2. The third-order valence-corrected chi connectivity index (χ3v) is 5.23. The average Bonchev–Trinajstić information content (AvgIpc) is 2.73. The number of nitrogens with zero attached hydrogens (tertiary/aromatic N) is 3. The fourth-order valence-corrected chi connectivity index (χ4v) is 3.52. The van der Waals surface area contributed by atoms with Crippen LogP contribution in [0.2, 0.25) is 10.0 Å². The molecule has 0 aliphatic carbocycles. The molecular formula is C21H21Cl2N3O3. The SMILES string of the molecule is CCOC(=O)c1ccc(N2CCN(C(=O)/C=C/c3c(Cl)cccc3Cl)CC2)nc1. The van der Waals surface area contributed by atoms with Crippen LogP contribution in [0.3, 0.4) is 0 Å². The van der Waals surface area contributed by atoms with E-state index in [0.717, 1.165) is 5.82 Å². The van der Waals surface area contributed by atoms with Crippen LogP contribution < -0.4 is 4.90 Å². The number of hydrogen-bond donors (Lipinski definition) is 0. The number of aromatic nitrogens is 1. The Labute approximate surface area is 179 Å². The lowest BCUT2D eigenvalue weighted by Gasteiger charge is -2.35. The summed E-state index contributed by atoms with van der Waals surface area (Å²) in [5.41, 5.74) is 1.06. The number of anilines is 1. The number of rotatable bonds is 5. The van der Waals surface area contributed by atoms with E-state index in [1.807, 2.05) is 0 Å². The minimum absolute atomic E-state index is 0.0914. The van der Waals surface area contributed by atoms with Gasteiger partial charge in [0.05, 0.1) is 12.2 Å². The molecule has 0 radical (unpaired) electrons. The smallest absolute Gasteiger partial charge is 0.339 e. The summed E-state index contributed by atoms with van der Waals surface area (Å²) in [6.45, 7) is 4.53. The number of carbonyl (C=O) groups excluding carboxylic acids is 2. The van der Waals surface area contributed by atoms with Gasteiger partial charge in [-0.25, -0.2) is 9.78 Å². The number of pyridine rings is 1. The second-order valence-corrected chi connectivity index (χ2v) is 7.22. The Balaban J connectivity index is 1.57. The monoisotopic (exact) mass is 433 g/mol. The van der Waals surface area contributed by atoms with Crippen molar-refractivity contribution < 1.29 is 14.3 Å². The first-order chi connectivity index (χ1) is 14.0. The number of ether oxygens (including phenoxy) is 1. The molecule has 0 N–H and O–H groups in total. The van der Waals surface area contributed by atoms with Gasteiger partial charge in [0, 0.05) is 54.1 Å². The van der Waals surface area contributed by atoms with Crippen molar-refractivity contribution in [3.8, 4) is 0 Å². The molecular weight excluding hydrogens is 413 g/mol. The molecule has 1 aromatic carbocycles. The van der Waals surface area contributed by atoms with Crippen molar-refractivity contribution in [2.45, 2.75) is 6.92 Å². The van der Waals surface area contributed by atoms with Crippen LogP contribution in [0.4, 0.5) is 5.82 Å². The lowest BCUT2D eigenvalue weighted by atomic mass is 10.2. The Bertz CT molecular complexity index is 888. The van der Waals surface area contributed by atoms with Crippen LogP contribution >= 0.6 is 23.2 Å². The molecule has 2 aromatic rings. The Morgan fingerprint density at radius 2 is 1.79 bits per heavy atom. The second kappa shape index (κ2) is 9.76. The van der Waals surface area contributed by atoms with Gasteiger partial charge in [-0.2, -0.15) is 0 Å². The third-order valence-electron chi connectivity index (χ3n) is 4.57. The fourth-order valence-electron chi connectivity index (χ4n) is 2.99. The highest BCUT2D eigenvalue weighted by molar-refractivity contribution is 6.37. The molecule has 3 rings (SSSR count). The number of piperazine rings is 1. The van der Waals surface area contributed by atoms with Gasteiger partial charge in [0.15, 0.2) is 0 Å². The molecule has 0 spiro atoms. The van der Waals surface area contributed by atoms with E-state index < -0.39 is 0 Å². The van der Waals surface area contributed by atoms with Crippen molar-refractivity contribution in [2.75, 3.05) is 37.7 Å². The van der Waals surface area contributed by atoms with Crippen LogP contribution in [-0.4, -0.2) is 54.5 Å². The van der Waals surface area contributed by atoms with E-state index in [4.69, 9.17) is 27.9 Å². The Morgan fingerprint density at radius 3 is 2.38 bits per heavy atom. The molecule has 1 saturated heterocycles. The summed E-state index contributed by atoms with van der Waals surface area (Å²) >= 11 is 12.3. The number of hydrogen-bond acceptors (Lipinski definition) is 5. The lowest BCUT2D eigenvalue weighted by Crippen LogP contribution is -2.48. The molecule has 152 valence electrons. The maximum absolute atomic E-state index is 12.5. The van der Waals surface area contributed by atoms with Gasteiger partial charge in [-0.15, -0.1) is 0 Å². The predicted molar refractivity (Wildman–Crippen MR) is 114 cm³/mol. The highest BCUT2D eigenvalue weighted by Crippen LogP contribution is 2.25. The van der Waals surface area contributed by atoms with Gasteiger partial charge in [0.2, 0.25) is 5.91 Å². The molecule has 0 bridgehead atoms. The number of esters is 1. The third kappa shape index (κ3) is 5.28. The Kier molecular flexibility index (Phi) is 7.12. The lowest BCUT2D eigenvalue weighted by molar-refractivity contribution is -0.126. The van der Waals surface area contributed by atoms with E-state index in [1.165, 1.54) is 12.3 Å². The first-order valence-electron chi connectivity index (χ1n) is 9.28. The molecule has 2 heterocycles. The summed E-state index contributed by atoms with van der Waals surface area (Å²) < 4.78 is 4.96. The van der Waals surface area contributed by atoms with Gasteiger partial charge in [0.25, 0.3) is 0 Å². The van der Waals surface area contributed by atoms with Crippen molar-refractivity contribution in [3.63, 3.8) is 0 Å². The minimum atomic E-state index is -0.382. The second-order valence-electron chi connectivity index (χ2n) is 6.41. The summed E-state index contributed by atoms with van der Waals surface area (Å²) in [4.78, 5) is 32.4. The summed E-state index contributed by atoms with van der Waals surface area (Å²) in [6.07, 6.45) is 4.66. The van der Waals surface area contributed by atoms with Crippen LogP contribution in [0.25, 0.3) is 6.08 Å². The van der Waals surface area contributed by atoms with Gasteiger partial charge in [-0.3, -0.25) is 4.79 Å². The molecule has 0 unspecified atom stereocenters. The van der Waals surface area contributed by atoms with Crippen LogP contribution in [0.15, 0.2) is 42.6 Å². The van der Waals surface area contributed by atoms with Crippen molar-refractivity contribution >= 4 is 47.0 Å². The van der Waals surface area contributed by atoms with E-state index >= 15 is 0 Å². The van der Waals surface area contributed by atoms with E-state index in [0.29, 0.717) is 54.0 Å². The maximum Gasteiger partial charge on any atom is 0.339 e. The average molecular weight is 434 g/mol. The van der Waals surface area contributed by atoms with Gasteiger partial charge in [-0.1, -0.05) is 29.3 Å². The number of benzene rings is 1. The van der Waals surface area contributed by atoms with Crippen LogP contribution in [0.1, 0.15) is 22.8 Å².